The van der Waals surface area contributed by atoms with Gasteiger partial charge in [-0.2, -0.15) is 0 Å². The molecule has 0 radical (unpaired) electrons. The van der Waals surface area contributed by atoms with Crippen molar-refractivity contribution in [1.29, 1.82) is 0 Å². The molecular weight excluding hydrogens is 264 g/mol. The third-order valence-corrected chi connectivity index (χ3v) is 3.16. The lowest BCUT2D eigenvalue weighted by Crippen LogP contribution is -2.18. The molecule has 0 fully saturated rings. The fourth-order valence-corrected chi connectivity index (χ4v) is 2.13. The second-order valence-electron chi connectivity index (χ2n) is 4.78. The summed E-state index contributed by atoms with van der Waals surface area (Å²) in [7, 11) is 0. The lowest BCUT2D eigenvalue weighted by molar-refractivity contribution is 0.820. The summed E-state index contributed by atoms with van der Waals surface area (Å²) < 4.78 is 0. The second kappa shape index (κ2) is 5.58. The smallest absolute Gasteiger partial charge is 0.323 e. The Hall–Kier alpha value is -2.95. The van der Waals surface area contributed by atoms with Gasteiger partial charge in [0.2, 0.25) is 0 Å². The van der Waals surface area contributed by atoms with Gasteiger partial charge in [-0.15, -0.1) is 0 Å². The molecule has 0 saturated heterocycles. The van der Waals surface area contributed by atoms with Crippen molar-refractivity contribution in [3.8, 4) is 0 Å². The van der Waals surface area contributed by atoms with Crippen molar-refractivity contribution in [2.24, 2.45) is 0 Å². The molecule has 4 N–H and O–H groups in total. The molecule has 0 unspecified atom stereocenters. The molecular formula is C16H16N4O. The van der Waals surface area contributed by atoms with E-state index in [1.807, 2.05) is 36.4 Å². The Morgan fingerprint density at radius 3 is 2.62 bits per heavy atom. The van der Waals surface area contributed by atoms with Crippen LogP contribution in [-0.2, 0) is 6.54 Å². The monoisotopic (exact) mass is 280 g/mol. The number of anilines is 1. The zero-order chi connectivity index (χ0) is 14.7. The van der Waals surface area contributed by atoms with E-state index in [9.17, 15) is 4.79 Å². The van der Waals surface area contributed by atoms with E-state index in [-0.39, 0.29) is 5.69 Å². The van der Waals surface area contributed by atoms with Crippen LogP contribution in [0.2, 0.25) is 0 Å². The van der Waals surface area contributed by atoms with E-state index in [2.05, 4.69) is 39.3 Å². The summed E-state index contributed by atoms with van der Waals surface area (Å²) in [6.45, 7) is 4.65. The SMILES string of the molecule is C=C(NCc1ccccc1)Nc1ccc2[nH]c(=O)[nH]c2c1. The highest BCUT2D eigenvalue weighted by molar-refractivity contribution is 5.79. The Morgan fingerprint density at radius 2 is 1.81 bits per heavy atom. The summed E-state index contributed by atoms with van der Waals surface area (Å²) in [6.07, 6.45) is 0. The highest BCUT2D eigenvalue weighted by Crippen LogP contribution is 2.15. The van der Waals surface area contributed by atoms with E-state index in [0.29, 0.717) is 12.4 Å². The summed E-state index contributed by atoms with van der Waals surface area (Å²) in [5.41, 5.74) is 3.40. The maximum atomic E-state index is 11.2. The number of hydrogen-bond acceptors (Lipinski definition) is 3. The van der Waals surface area contributed by atoms with Crippen molar-refractivity contribution in [3.63, 3.8) is 0 Å². The molecule has 0 amide bonds. The summed E-state index contributed by atoms with van der Waals surface area (Å²) in [6, 6.07) is 15.7. The predicted molar refractivity (Wildman–Crippen MR) is 85.0 cm³/mol. The number of rotatable bonds is 5. The lowest BCUT2D eigenvalue weighted by Gasteiger charge is -2.12. The van der Waals surface area contributed by atoms with E-state index < -0.39 is 0 Å². The first-order valence-corrected chi connectivity index (χ1v) is 6.66. The molecule has 2 aromatic carbocycles. The van der Waals surface area contributed by atoms with Gasteiger partial charge in [-0.25, -0.2) is 4.79 Å². The van der Waals surface area contributed by atoms with Crippen molar-refractivity contribution in [1.82, 2.24) is 15.3 Å². The molecule has 5 heteroatoms. The highest BCUT2D eigenvalue weighted by Gasteiger charge is 2.01. The molecule has 3 aromatic rings. The molecule has 0 atom stereocenters. The molecule has 0 aliphatic rings. The van der Waals surface area contributed by atoms with E-state index >= 15 is 0 Å². The average molecular weight is 280 g/mol. The van der Waals surface area contributed by atoms with Crippen LogP contribution in [0.3, 0.4) is 0 Å². The van der Waals surface area contributed by atoms with E-state index in [1.165, 1.54) is 5.56 Å². The van der Waals surface area contributed by atoms with Crippen LogP contribution >= 0.6 is 0 Å². The van der Waals surface area contributed by atoms with E-state index in [0.717, 1.165) is 16.7 Å². The molecule has 3 rings (SSSR count). The van der Waals surface area contributed by atoms with Crippen LogP contribution in [0, 0.1) is 0 Å². The lowest BCUT2D eigenvalue weighted by atomic mass is 10.2. The first-order chi connectivity index (χ1) is 10.2. The fourth-order valence-electron chi connectivity index (χ4n) is 2.13. The van der Waals surface area contributed by atoms with Gasteiger partial charge in [0.1, 0.15) is 0 Å². The summed E-state index contributed by atoms with van der Waals surface area (Å²) in [4.78, 5) is 16.7. The number of aromatic nitrogens is 2. The van der Waals surface area contributed by atoms with Gasteiger partial charge in [-0.3, -0.25) is 0 Å². The number of fused-ring (bicyclic) bond motifs is 1. The largest absolute Gasteiger partial charge is 0.368 e. The predicted octanol–water partition coefficient (Wildman–Crippen LogP) is 2.53. The van der Waals surface area contributed by atoms with Crippen molar-refractivity contribution in [3.05, 3.63) is 77.0 Å². The number of benzene rings is 2. The Balaban J connectivity index is 1.64. The summed E-state index contributed by atoms with van der Waals surface area (Å²) in [5.74, 6) is 0.705. The molecule has 0 aliphatic carbocycles. The van der Waals surface area contributed by atoms with Gasteiger partial charge < -0.3 is 20.6 Å². The fraction of sp³-hybridized carbons (Fsp3) is 0.0625. The molecule has 5 nitrogen and oxygen atoms in total. The van der Waals surface area contributed by atoms with Gasteiger partial charge in [0.25, 0.3) is 0 Å². The summed E-state index contributed by atoms with van der Waals surface area (Å²) in [5, 5.41) is 6.39. The molecule has 0 aliphatic heterocycles. The van der Waals surface area contributed by atoms with Crippen molar-refractivity contribution in [2.75, 3.05) is 5.32 Å². The molecule has 106 valence electrons. The highest BCUT2D eigenvalue weighted by atomic mass is 16.1. The topological polar surface area (TPSA) is 72.7 Å². The number of H-pyrrole nitrogens is 2. The van der Waals surface area contributed by atoms with Crippen LogP contribution in [0.15, 0.2) is 65.7 Å². The number of aromatic amines is 2. The van der Waals surface area contributed by atoms with Gasteiger partial charge in [-0.1, -0.05) is 36.9 Å². The Morgan fingerprint density at radius 1 is 1.05 bits per heavy atom. The van der Waals surface area contributed by atoms with Crippen LogP contribution in [0.4, 0.5) is 5.69 Å². The first-order valence-electron chi connectivity index (χ1n) is 6.66. The van der Waals surface area contributed by atoms with Gasteiger partial charge in [0, 0.05) is 12.2 Å². The van der Waals surface area contributed by atoms with E-state index in [4.69, 9.17) is 0 Å². The van der Waals surface area contributed by atoms with Crippen LogP contribution in [0.1, 0.15) is 5.56 Å². The number of hydrogen-bond donors (Lipinski definition) is 4. The normalized spacial score (nSPS) is 10.5. The van der Waals surface area contributed by atoms with Gasteiger partial charge >= 0.3 is 5.69 Å². The van der Waals surface area contributed by atoms with Crippen LogP contribution in [0.25, 0.3) is 11.0 Å². The Bertz CT molecular complexity index is 817. The minimum Gasteiger partial charge on any atom is -0.368 e. The van der Waals surface area contributed by atoms with Crippen molar-refractivity contribution < 1.29 is 0 Å². The molecule has 0 spiro atoms. The van der Waals surface area contributed by atoms with Crippen molar-refractivity contribution >= 4 is 16.7 Å². The minimum absolute atomic E-state index is 0.205. The van der Waals surface area contributed by atoms with Gasteiger partial charge in [0.05, 0.1) is 16.9 Å². The Kier molecular flexibility index (Phi) is 3.47. The molecule has 0 saturated carbocycles. The third kappa shape index (κ3) is 3.14. The molecule has 21 heavy (non-hydrogen) atoms. The standard InChI is InChI=1S/C16H16N4O/c1-11(17-10-12-5-3-2-4-6-12)18-13-7-8-14-15(9-13)20-16(21)19-14/h2-9,17-18H,1,10H2,(H2,19,20,21). The number of nitrogens with one attached hydrogen (secondary N) is 4. The number of imidazole rings is 1. The average Bonchev–Trinajstić information content (AvgIpc) is 2.85. The second-order valence-corrected chi connectivity index (χ2v) is 4.78. The zero-order valence-electron chi connectivity index (χ0n) is 11.4. The van der Waals surface area contributed by atoms with Crippen LogP contribution < -0.4 is 16.3 Å². The van der Waals surface area contributed by atoms with Gasteiger partial charge in [0.15, 0.2) is 0 Å². The van der Waals surface area contributed by atoms with Crippen molar-refractivity contribution in [2.45, 2.75) is 6.54 Å². The quantitative estimate of drug-likeness (QED) is 0.580. The Labute approximate surface area is 121 Å². The maximum Gasteiger partial charge on any atom is 0.323 e. The zero-order valence-corrected chi connectivity index (χ0v) is 11.4. The minimum atomic E-state index is -0.205. The first kappa shape index (κ1) is 13.1. The van der Waals surface area contributed by atoms with Gasteiger partial charge in [-0.05, 0) is 23.8 Å². The third-order valence-electron chi connectivity index (χ3n) is 3.16. The molecule has 1 heterocycles. The van der Waals surface area contributed by atoms with Crippen LogP contribution in [0.5, 0.6) is 0 Å². The van der Waals surface area contributed by atoms with Crippen LogP contribution in [-0.4, -0.2) is 9.97 Å². The maximum absolute atomic E-state index is 11.2. The molecule has 0 bridgehead atoms. The molecule has 1 aromatic heterocycles. The summed E-state index contributed by atoms with van der Waals surface area (Å²) >= 11 is 0. The van der Waals surface area contributed by atoms with E-state index in [1.54, 1.807) is 0 Å².